The van der Waals surface area contributed by atoms with Crippen molar-refractivity contribution >= 4 is 97.7 Å². The number of fused-ring (bicyclic) bond motifs is 15. The summed E-state index contributed by atoms with van der Waals surface area (Å²) in [5.74, 6) is 0. The normalized spacial score (nSPS) is 12.2. The molecule has 0 fully saturated rings. The molecule has 0 amide bonds. The number of benzene rings is 10. The molecular weight excluding hydrogens is 633 g/mol. The smallest absolute Gasteiger partial charge is 0.143 e. The van der Waals surface area contributed by atoms with E-state index in [1.807, 2.05) is 0 Å². The van der Waals surface area contributed by atoms with Crippen LogP contribution >= 0.6 is 0 Å². The van der Waals surface area contributed by atoms with Crippen LogP contribution in [0.25, 0.3) is 120 Å². The number of hydrogen-bond acceptors (Lipinski definition) is 2. The number of furan rings is 2. The summed E-state index contributed by atoms with van der Waals surface area (Å²) in [5.41, 5.74) is 7.99. The van der Waals surface area contributed by atoms with Gasteiger partial charge in [-0.25, -0.2) is 0 Å². The fraction of sp³-hybridized carbons (Fsp3) is 0. The number of rotatable bonds is 2. The molecule has 0 spiro atoms. The van der Waals surface area contributed by atoms with Crippen molar-refractivity contribution in [2.24, 2.45) is 0 Å². The van der Waals surface area contributed by atoms with Crippen LogP contribution in [0.1, 0.15) is 0 Å². The minimum absolute atomic E-state index is 0.858. The van der Waals surface area contributed by atoms with Crippen molar-refractivity contribution in [3.63, 3.8) is 0 Å². The lowest BCUT2D eigenvalue weighted by molar-refractivity contribution is 0.665. The third kappa shape index (κ3) is 3.78. The average molecular weight is 661 g/mol. The Balaban J connectivity index is 1.06. The minimum atomic E-state index is 0.858. The zero-order chi connectivity index (χ0) is 33.9. The molecule has 2 aromatic heterocycles. The van der Waals surface area contributed by atoms with Crippen LogP contribution in [0.4, 0.5) is 0 Å². The van der Waals surface area contributed by atoms with E-state index in [1.54, 1.807) is 0 Å². The van der Waals surface area contributed by atoms with Gasteiger partial charge in [0.15, 0.2) is 0 Å². The van der Waals surface area contributed by atoms with E-state index in [0.717, 1.165) is 60.6 Å². The predicted molar refractivity (Wildman–Crippen MR) is 219 cm³/mol. The summed E-state index contributed by atoms with van der Waals surface area (Å²) in [6.07, 6.45) is 0. The first-order valence-corrected chi connectivity index (χ1v) is 17.8. The Labute approximate surface area is 297 Å². The van der Waals surface area contributed by atoms with E-state index in [1.165, 1.54) is 59.4 Å². The van der Waals surface area contributed by atoms with Crippen LogP contribution in [0.3, 0.4) is 0 Å². The zero-order valence-corrected chi connectivity index (χ0v) is 28.0. The van der Waals surface area contributed by atoms with Crippen LogP contribution in [-0.4, -0.2) is 0 Å². The molecule has 0 bridgehead atoms. The molecule has 0 saturated heterocycles. The molecular formula is C50H28O2. The van der Waals surface area contributed by atoms with Gasteiger partial charge in [0.25, 0.3) is 0 Å². The molecule has 0 N–H and O–H groups in total. The second-order valence-corrected chi connectivity index (χ2v) is 14.0. The molecule has 0 unspecified atom stereocenters. The molecule has 2 heteroatoms. The molecule has 12 rings (SSSR count). The van der Waals surface area contributed by atoms with E-state index < -0.39 is 0 Å². The number of hydrogen-bond donors (Lipinski definition) is 0. The average Bonchev–Trinajstić information content (AvgIpc) is 3.77. The Kier molecular flexibility index (Phi) is 5.53. The Bertz CT molecular complexity index is 3430. The standard InChI is InChI=1S/C50H28O2/c1-2-12-31-29(11-1)25-44(37-17-7-3-13-33(31)37)40-20-10-22-42-46-28-47-45(27-48(46)52-50(40)42)41-21-9-19-32(49(41)51-47)30-23-24-39-36-16-5-4-14-34(36)35-15-6-8-18-38(35)43(39)26-30/h1-28H. The monoisotopic (exact) mass is 660 g/mol. The second-order valence-electron chi connectivity index (χ2n) is 14.0. The van der Waals surface area contributed by atoms with Crippen LogP contribution in [0.5, 0.6) is 0 Å². The lowest BCUT2D eigenvalue weighted by atomic mass is 9.92. The first-order valence-electron chi connectivity index (χ1n) is 17.8. The minimum Gasteiger partial charge on any atom is -0.455 e. The largest absolute Gasteiger partial charge is 0.455 e. The van der Waals surface area contributed by atoms with E-state index >= 15 is 0 Å². The van der Waals surface area contributed by atoms with Crippen molar-refractivity contribution in [3.8, 4) is 22.3 Å². The van der Waals surface area contributed by atoms with Gasteiger partial charge in [-0.3, -0.25) is 0 Å². The lowest BCUT2D eigenvalue weighted by Gasteiger charge is -2.12. The highest BCUT2D eigenvalue weighted by molar-refractivity contribution is 6.26. The predicted octanol–water partition coefficient (Wildman–Crippen LogP) is 14.6. The zero-order valence-electron chi connectivity index (χ0n) is 28.0. The second kappa shape index (κ2) is 10.3. The molecule has 0 radical (unpaired) electrons. The molecule has 52 heavy (non-hydrogen) atoms. The van der Waals surface area contributed by atoms with Crippen LogP contribution in [0, 0.1) is 0 Å². The molecule has 0 atom stereocenters. The molecule has 0 aliphatic heterocycles. The van der Waals surface area contributed by atoms with Gasteiger partial charge in [-0.2, -0.15) is 0 Å². The van der Waals surface area contributed by atoms with Gasteiger partial charge in [0.05, 0.1) is 0 Å². The summed E-state index contributed by atoms with van der Waals surface area (Å²) in [6, 6.07) is 61.2. The third-order valence-corrected chi connectivity index (χ3v) is 11.2. The van der Waals surface area contributed by atoms with Crippen LogP contribution in [0.2, 0.25) is 0 Å². The Hall–Kier alpha value is -6.90. The van der Waals surface area contributed by atoms with Crippen molar-refractivity contribution in [2.45, 2.75) is 0 Å². The summed E-state index contributed by atoms with van der Waals surface area (Å²) >= 11 is 0. The summed E-state index contributed by atoms with van der Waals surface area (Å²) in [6.45, 7) is 0. The molecule has 0 aliphatic rings. The topological polar surface area (TPSA) is 26.3 Å². The van der Waals surface area contributed by atoms with E-state index in [4.69, 9.17) is 8.83 Å². The maximum Gasteiger partial charge on any atom is 0.143 e. The van der Waals surface area contributed by atoms with Crippen LogP contribution in [-0.2, 0) is 0 Å². The molecule has 240 valence electrons. The van der Waals surface area contributed by atoms with E-state index in [9.17, 15) is 0 Å². The van der Waals surface area contributed by atoms with Gasteiger partial charge in [0.2, 0.25) is 0 Å². The van der Waals surface area contributed by atoms with Crippen molar-refractivity contribution in [2.75, 3.05) is 0 Å². The molecule has 0 saturated carbocycles. The maximum atomic E-state index is 6.82. The van der Waals surface area contributed by atoms with E-state index in [-0.39, 0.29) is 0 Å². The van der Waals surface area contributed by atoms with Gasteiger partial charge in [-0.05, 0) is 89.3 Å². The summed E-state index contributed by atoms with van der Waals surface area (Å²) in [5, 5.41) is 16.8. The van der Waals surface area contributed by atoms with E-state index in [2.05, 4.69) is 170 Å². The quantitative estimate of drug-likeness (QED) is 0.173. The molecule has 10 aromatic carbocycles. The first-order chi connectivity index (χ1) is 25.8. The molecule has 2 heterocycles. The Morgan fingerprint density at radius 2 is 0.712 bits per heavy atom. The summed E-state index contributed by atoms with van der Waals surface area (Å²) in [7, 11) is 0. The highest BCUT2D eigenvalue weighted by Gasteiger charge is 2.19. The summed E-state index contributed by atoms with van der Waals surface area (Å²) in [4.78, 5) is 0. The van der Waals surface area contributed by atoms with Crippen LogP contribution in [0.15, 0.2) is 179 Å². The van der Waals surface area contributed by atoms with E-state index in [0.29, 0.717) is 0 Å². The van der Waals surface area contributed by atoms with Gasteiger partial charge >= 0.3 is 0 Å². The van der Waals surface area contributed by atoms with Gasteiger partial charge in [0.1, 0.15) is 22.3 Å². The highest BCUT2D eigenvalue weighted by atomic mass is 16.3. The SMILES string of the molecule is c1ccc2c(c1)cc(-c1cccc3c1oc1cc4c(cc13)oc1c(-c3ccc5c6ccccc6c6ccccc6c5c3)cccc14)c1ccccc12. The van der Waals surface area contributed by atoms with Crippen molar-refractivity contribution < 1.29 is 8.83 Å². The fourth-order valence-corrected chi connectivity index (χ4v) is 8.88. The van der Waals surface area contributed by atoms with Gasteiger partial charge in [-0.15, -0.1) is 0 Å². The van der Waals surface area contributed by atoms with Crippen molar-refractivity contribution in [3.05, 3.63) is 170 Å². The molecule has 2 nitrogen and oxygen atoms in total. The molecule has 0 aliphatic carbocycles. The highest BCUT2D eigenvalue weighted by Crippen LogP contribution is 2.45. The maximum absolute atomic E-state index is 6.82. The van der Waals surface area contributed by atoms with Crippen molar-refractivity contribution in [1.82, 2.24) is 0 Å². The number of para-hydroxylation sites is 2. The molecule has 12 aromatic rings. The third-order valence-electron chi connectivity index (χ3n) is 11.2. The Morgan fingerprint density at radius 1 is 0.250 bits per heavy atom. The summed E-state index contributed by atoms with van der Waals surface area (Å²) < 4.78 is 13.6. The van der Waals surface area contributed by atoms with Gasteiger partial charge in [-0.1, -0.05) is 146 Å². The fourth-order valence-electron chi connectivity index (χ4n) is 8.88. The van der Waals surface area contributed by atoms with Crippen LogP contribution < -0.4 is 0 Å². The van der Waals surface area contributed by atoms with Gasteiger partial charge < -0.3 is 8.83 Å². The lowest BCUT2D eigenvalue weighted by Crippen LogP contribution is -1.85. The van der Waals surface area contributed by atoms with Gasteiger partial charge in [0, 0.05) is 32.7 Å². The Morgan fingerprint density at radius 3 is 1.35 bits per heavy atom. The first kappa shape index (κ1) is 27.9. The van der Waals surface area contributed by atoms with Crippen molar-refractivity contribution in [1.29, 1.82) is 0 Å².